The Morgan fingerprint density at radius 3 is 1.08 bits per heavy atom. The van der Waals surface area contributed by atoms with E-state index in [-0.39, 0.29) is 56.0 Å². The van der Waals surface area contributed by atoms with Crippen LogP contribution in [0.4, 0.5) is 61.5 Å². The van der Waals surface area contributed by atoms with Crippen LogP contribution in [0.15, 0.2) is 72.8 Å². The van der Waals surface area contributed by atoms with E-state index in [1.807, 2.05) is 0 Å². The Hall–Kier alpha value is -3.55. The molecule has 2 heterocycles. The molecule has 0 fully saturated rings. The molecular formula is C31H18F14N2Pt. The van der Waals surface area contributed by atoms with Crippen molar-refractivity contribution >= 4 is 0 Å². The molecule has 0 saturated carbocycles. The van der Waals surface area contributed by atoms with Crippen LogP contribution in [0, 0.1) is 12.1 Å². The van der Waals surface area contributed by atoms with Crippen LogP contribution < -0.4 is 0 Å². The molecule has 2 aromatic heterocycles. The number of benzene rings is 2. The third-order valence-corrected chi connectivity index (χ3v) is 7.29. The molecule has 0 aliphatic heterocycles. The van der Waals surface area contributed by atoms with Crippen LogP contribution in [0.25, 0.3) is 22.5 Å². The molecule has 4 rings (SSSR count). The van der Waals surface area contributed by atoms with E-state index in [1.54, 1.807) is 0 Å². The van der Waals surface area contributed by atoms with E-state index < -0.39 is 63.7 Å². The standard InChI is InChI=1S/C31H18F14N2.Pt/c1-25(2,23-13-5-11-21(46-23)17-7-3-9-19(15-17)26(32,28(34,35)36)29(37,38)39)24-14-6-12-22(47-24)18-8-4-10-20(16-18)27(33,30(40,41)42)31(43,44)45;/h3-6,9-16H,1-2H3;/q-2;+2. The Morgan fingerprint density at radius 1 is 0.479 bits per heavy atom. The first kappa shape index (κ1) is 38.9. The fraction of sp³-hybridized carbons (Fsp3) is 0.290. The molecule has 0 bridgehead atoms. The first-order chi connectivity index (χ1) is 21.4. The Balaban J connectivity index is 0.00000625. The fourth-order valence-corrected chi connectivity index (χ4v) is 4.63. The summed E-state index contributed by atoms with van der Waals surface area (Å²) in [5.41, 5.74) is -17.4. The fourth-order valence-electron chi connectivity index (χ4n) is 4.63. The molecule has 0 unspecified atom stereocenters. The Bertz CT molecular complexity index is 1600. The minimum atomic E-state index is -6.36. The molecular weight excluding hydrogens is 861 g/mol. The number of alkyl halides is 14. The minimum Gasteiger partial charge on any atom is -0.300 e. The predicted octanol–water partition coefficient (Wildman–Crippen LogP) is 10.3. The molecule has 0 saturated heterocycles. The van der Waals surface area contributed by atoms with Crippen LogP contribution in [0.1, 0.15) is 36.4 Å². The normalized spacial score (nSPS) is 13.7. The number of pyridine rings is 2. The molecule has 2 aromatic carbocycles. The van der Waals surface area contributed by atoms with E-state index in [2.05, 4.69) is 22.1 Å². The van der Waals surface area contributed by atoms with E-state index in [0.717, 1.165) is 0 Å². The van der Waals surface area contributed by atoms with Crippen molar-refractivity contribution in [3.8, 4) is 22.5 Å². The van der Waals surface area contributed by atoms with Gasteiger partial charge in [-0.05, 0) is 37.4 Å². The maximum atomic E-state index is 14.7. The van der Waals surface area contributed by atoms with Gasteiger partial charge in [-0.15, -0.1) is 59.7 Å². The van der Waals surface area contributed by atoms with Crippen LogP contribution >= 0.6 is 0 Å². The van der Waals surface area contributed by atoms with Crippen molar-refractivity contribution in [2.24, 2.45) is 0 Å². The predicted molar refractivity (Wildman–Crippen MR) is 139 cm³/mol. The number of rotatable bonds is 6. The van der Waals surface area contributed by atoms with Gasteiger partial charge in [0, 0.05) is 16.8 Å². The van der Waals surface area contributed by atoms with Crippen LogP contribution in [0.2, 0.25) is 0 Å². The van der Waals surface area contributed by atoms with Gasteiger partial charge in [-0.1, -0.05) is 35.4 Å². The molecule has 0 aliphatic rings. The van der Waals surface area contributed by atoms with Crippen molar-refractivity contribution in [2.75, 3.05) is 0 Å². The molecule has 4 aromatic rings. The second-order valence-electron chi connectivity index (χ2n) is 10.7. The summed E-state index contributed by atoms with van der Waals surface area (Å²) in [6, 6.07) is 15.1. The quantitative estimate of drug-likeness (QED) is 0.142. The molecule has 0 spiro atoms. The molecule has 0 atom stereocenters. The summed E-state index contributed by atoms with van der Waals surface area (Å²) in [4.78, 5) is 8.56. The smallest absolute Gasteiger partial charge is 0.300 e. The zero-order chi connectivity index (χ0) is 35.4. The van der Waals surface area contributed by atoms with Crippen molar-refractivity contribution in [3.05, 3.63) is 107 Å². The van der Waals surface area contributed by atoms with Gasteiger partial charge in [0.15, 0.2) is 0 Å². The van der Waals surface area contributed by atoms with Gasteiger partial charge in [-0.3, -0.25) is 0 Å². The third-order valence-electron chi connectivity index (χ3n) is 7.29. The minimum absolute atomic E-state index is 0. The van der Waals surface area contributed by atoms with Crippen LogP contribution in [0.5, 0.6) is 0 Å². The number of hydrogen-bond acceptors (Lipinski definition) is 2. The number of aromatic nitrogens is 2. The Labute approximate surface area is 277 Å². The van der Waals surface area contributed by atoms with Gasteiger partial charge < -0.3 is 9.97 Å². The first-order valence-electron chi connectivity index (χ1n) is 13.0. The SMILES string of the molecule is CC(C)(c1cccc(-c2[c-]ccc(C(F)(C(F)(F)F)C(F)(F)F)c2)n1)c1cccc(-c2[c-]ccc(C(F)(C(F)(F)F)C(F)(F)F)c2)n1.[Pt+2]. The van der Waals surface area contributed by atoms with Crippen LogP contribution in [-0.2, 0) is 37.8 Å². The molecule has 48 heavy (non-hydrogen) atoms. The van der Waals surface area contributed by atoms with E-state index in [9.17, 15) is 61.5 Å². The Morgan fingerprint density at radius 2 is 0.792 bits per heavy atom. The molecule has 2 nitrogen and oxygen atoms in total. The molecule has 260 valence electrons. The van der Waals surface area contributed by atoms with Gasteiger partial charge in [-0.2, -0.15) is 52.7 Å². The third kappa shape index (κ3) is 6.68. The van der Waals surface area contributed by atoms with Gasteiger partial charge >= 0.3 is 57.1 Å². The summed E-state index contributed by atoms with van der Waals surface area (Å²) >= 11 is 0. The second kappa shape index (κ2) is 12.7. The summed E-state index contributed by atoms with van der Waals surface area (Å²) in [6.45, 7) is 3.01. The number of nitrogens with zero attached hydrogens (tertiary/aromatic N) is 2. The maximum absolute atomic E-state index is 14.7. The van der Waals surface area contributed by atoms with Crippen molar-refractivity contribution in [1.29, 1.82) is 0 Å². The zero-order valence-corrected chi connectivity index (χ0v) is 26.2. The van der Waals surface area contributed by atoms with E-state index in [1.165, 1.54) is 50.2 Å². The van der Waals surface area contributed by atoms with Gasteiger partial charge in [-0.25, -0.2) is 8.78 Å². The van der Waals surface area contributed by atoms with Gasteiger partial charge in [0.2, 0.25) is 0 Å². The van der Waals surface area contributed by atoms with Crippen molar-refractivity contribution in [1.82, 2.24) is 9.97 Å². The summed E-state index contributed by atoms with van der Waals surface area (Å²) in [5.74, 6) is 0. The zero-order valence-electron chi connectivity index (χ0n) is 23.9. The second-order valence-corrected chi connectivity index (χ2v) is 10.7. The van der Waals surface area contributed by atoms with Crippen molar-refractivity contribution < 1.29 is 82.5 Å². The monoisotopic (exact) mass is 879 g/mol. The molecule has 0 amide bonds. The first-order valence-corrected chi connectivity index (χ1v) is 13.0. The Kier molecular flexibility index (Phi) is 10.3. The molecule has 0 N–H and O–H groups in total. The summed E-state index contributed by atoms with van der Waals surface area (Å²) < 4.78 is 189. The summed E-state index contributed by atoms with van der Waals surface area (Å²) in [5, 5.41) is 0. The van der Waals surface area contributed by atoms with E-state index in [4.69, 9.17) is 0 Å². The average molecular weight is 880 g/mol. The average Bonchev–Trinajstić information content (AvgIpc) is 2.98. The molecule has 0 radical (unpaired) electrons. The van der Waals surface area contributed by atoms with Gasteiger partial charge in [0.05, 0.1) is 0 Å². The van der Waals surface area contributed by atoms with E-state index >= 15 is 0 Å². The van der Waals surface area contributed by atoms with Gasteiger partial charge in [0.1, 0.15) is 0 Å². The summed E-state index contributed by atoms with van der Waals surface area (Å²) in [7, 11) is 0. The topological polar surface area (TPSA) is 25.8 Å². The molecule has 0 aliphatic carbocycles. The largest absolute Gasteiger partial charge is 2.00 e. The van der Waals surface area contributed by atoms with Crippen LogP contribution in [0.3, 0.4) is 0 Å². The number of halogens is 14. The summed E-state index contributed by atoms with van der Waals surface area (Å²) in [6.07, 6.45) is -25.4. The molecule has 17 heteroatoms. The van der Waals surface area contributed by atoms with E-state index in [0.29, 0.717) is 24.3 Å². The van der Waals surface area contributed by atoms with Crippen molar-refractivity contribution in [2.45, 2.75) is 55.3 Å². The maximum Gasteiger partial charge on any atom is 2.00 e. The van der Waals surface area contributed by atoms with Crippen molar-refractivity contribution in [3.63, 3.8) is 0 Å². The van der Waals surface area contributed by atoms with Crippen LogP contribution in [-0.4, -0.2) is 34.7 Å². The number of hydrogen-bond donors (Lipinski definition) is 0. The van der Waals surface area contributed by atoms with Gasteiger partial charge in [0.25, 0.3) is 0 Å².